The van der Waals surface area contributed by atoms with Gasteiger partial charge in [-0.05, 0) is 18.3 Å². The number of aliphatic hydroxyl groups excluding tert-OH is 1. The number of carboxylic acid groups (broad SMARTS) is 1. The molecule has 0 aromatic rings. The number of aliphatic carboxylic acids is 1. The number of rotatable bonds is 3. The minimum absolute atomic E-state index is 0.124. The Labute approximate surface area is 125 Å². The molecule has 1 unspecified atom stereocenters. The van der Waals surface area contributed by atoms with Gasteiger partial charge in [-0.1, -0.05) is 26.7 Å². The number of carbonyl (C=O) groups excluding carboxylic acids is 1. The van der Waals surface area contributed by atoms with Crippen LogP contribution in [0.2, 0.25) is 0 Å². The molecular weight excluding hydrogens is 272 g/mol. The molecule has 2 N–H and O–H groups in total. The Morgan fingerprint density at radius 1 is 1.19 bits per heavy atom. The standard InChI is InChI=1S/C15H26N2O4/c1-3-15(4-2)5-7-16(8-6-15)14(21)17-10-11(18)9-12(17)13(19)20/h11-12,18H,3-10H2,1-2H3,(H,19,20)/t11?,12-/m0/s1. The lowest BCUT2D eigenvalue weighted by atomic mass is 9.74. The van der Waals surface area contributed by atoms with Crippen molar-refractivity contribution in [1.82, 2.24) is 9.80 Å². The molecule has 2 fully saturated rings. The Morgan fingerprint density at radius 2 is 1.76 bits per heavy atom. The molecule has 0 saturated carbocycles. The van der Waals surface area contributed by atoms with Crippen LogP contribution in [0.25, 0.3) is 0 Å². The molecule has 0 bridgehead atoms. The average molecular weight is 298 g/mol. The summed E-state index contributed by atoms with van der Waals surface area (Å²) in [5, 5.41) is 18.8. The number of urea groups is 1. The van der Waals surface area contributed by atoms with Gasteiger partial charge < -0.3 is 20.0 Å². The molecule has 2 aliphatic heterocycles. The maximum Gasteiger partial charge on any atom is 0.326 e. The van der Waals surface area contributed by atoms with Gasteiger partial charge in [0, 0.05) is 26.1 Å². The first-order valence-electron chi connectivity index (χ1n) is 7.89. The van der Waals surface area contributed by atoms with Gasteiger partial charge >= 0.3 is 12.0 Å². The van der Waals surface area contributed by atoms with Crippen molar-refractivity contribution < 1.29 is 19.8 Å². The number of nitrogens with zero attached hydrogens (tertiary/aromatic N) is 2. The summed E-state index contributed by atoms with van der Waals surface area (Å²) in [6, 6.07) is -1.13. The van der Waals surface area contributed by atoms with E-state index in [9.17, 15) is 19.8 Å². The van der Waals surface area contributed by atoms with E-state index < -0.39 is 18.1 Å². The number of carboxylic acids is 1. The SMILES string of the molecule is CCC1(CC)CCN(C(=O)N2CC(O)C[C@H]2C(=O)O)CC1. The molecule has 6 heteroatoms. The van der Waals surface area contributed by atoms with Crippen LogP contribution in [0.5, 0.6) is 0 Å². The zero-order valence-corrected chi connectivity index (χ0v) is 12.9. The first kappa shape index (κ1) is 16.1. The fourth-order valence-electron chi connectivity index (χ4n) is 3.57. The summed E-state index contributed by atoms with van der Waals surface area (Å²) in [6.45, 7) is 5.87. The maximum absolute atomic E-state index is 12.5. The van der Waals surface area contributed by atoms with E-state index in [1.807, 2.05) is 0 Å². The Kier molecular flexibility index (Phi) is 4.76. The topological polar surface area (TPSA) is 81.1 Å². The second-order valence-electron chi connectivity index (χ2n) is 6.37. The minimum atomic E-state index is -1.03. The second kappa shape index (κ2) is 6.22. The number of β-amino-alcohol motifs (C(OH)–C–C–N with tert-alkyl or cyclic N) is 1. The van der Waals surface area contributed by atoms with Crippen molar-refractivity contribution in [1.29, 1.82) is 0 Å². The van der Waals surface area contributed by atoms with Crippen LogP contribution in [0.4, 0.5) is 4.79 Å². The fourth-order valence-corrected chi connectivity index (χ4v) is 3.57. The summed E-state index contributed by atoms with van der Waals surface area (Å²) >= 11 is 0. The highest BCUT2D eigenvalue weighted by Gasteiger charge is 2.42. The Morgan fingerprint density at radius 3 is 2.24 bits per heavy atom. The molecule has 0 aromatic heterocycles. The van der Waals surface area contributed by atoms with Gasteiger partial charge in [0.25, 0.3) is 0 Å². The number of hydrogen-bond donors (Lipinski definition) is 2. The number of aliphatic hydroxyl groups is 1. The van der Waals surface area contributed by atoms with E-state index in [1.165, 1.54) is 4.90 Å². The summed E-state index contributed by atoms with van der Waals surface area (Å²) in [4.78, 5) is 26.8. The summed E-state index contributed by atoms with van der Waals surface area (Å²) < 4.78 is 0. The average Bonchev–Trinajstić information content (AvgIpc) is 2.89. The molecule has 2 atom stereocenters. The van der Waals surface area contributed by atoms with E-state index in [1.54, 1.807) is 4.90 Å². The Bertz CT molecular complexity index is 398. The first-order valence-corrected chi connectivity index (χ1v) is 7.89. The van der Waals surface area contributed by atoms with Crippen molar-refractivity contribution in [2.24, 2.45) is 5.41 Å². The molecular formula is C15H26N2O4. The second-order valence-corrected chi connectivity index (χ2v) is 6.37. The largest absolute Gasteiger partial charge is 0.480 e. The van der Waals surface area contributed by atoms with Crippen LogP contribution in [0, 0.1) is 5.41 Å². The van der Waals surface area contributed by atoms with Crippen LogP contribution in [-0.4, -0.2) is 63.8 Å². The monoisotopic (exact) mass is 298 g/mol. The zero-order valence-electron chi connectivity index (χ0n) is 12.9. The lowest BCUT2D eigenvalue weighted by Gasteiger charge is -2.42. The molecule has 0 spiro atoms. The minimum Gasteiger partial charge on any atom is -0.480 e. The van der Waals surface area contributed by atoms with Crippen LogP contribution in [0.1, 0.15) is 46.0 Å². The lowest BCUT2D eigenvalue weighted by Crippen LogP contribution is -2.51. The molecule has 0 aliphatic carbocycles. The summed E-state index contributed by atoms with van der Waals surface area (Å²) in [5.41, 5.74) is 0.327. The third-order valence-corrected chi connectivity index (χ3v) is 5.40. The van der Waals surface area contributed by atoms with Crippen molar-refractivity contribution in [2.75, 3.05) is 19.6 Å². The van der Waals surface area contributed by atoms with E-state index in [4.69, 9.17) is 0 Å². The maximum atomic E-state index is 12.5. The first-order chi connectivity index (χ1) is 9.92. The molecule has 120 valence electrons. The van der Waals surface area contributed by atoms with Gasteiger partial charge in [-0.3, -0.25) is 0 Å². The van der Waals surface area contributed by atoms with Gasteiger partial charge in [-0.2, -0.15) is 0 Å². The molecule has 6 nitrogen and oxygen atoms in total. The predicted octanol–water partition coefficient (Wildman–Crippen LogP) is 1.53. The summed E-state index contributed by atoms with van der Waals surface area (Å²) in [7, 11) is 0. The quantitative estimate of drug-likeness (QED) is 0.828. The third kappa shape index (κ3) is 3.15. The normalized spacial score (nSPS) is 28.7. The number of piperidine rings is 1. The van der Waals surface area contributed by atoms with Gasteiger partial charge in [0.1, 0.15) is 6.04 Å². The third-order valence-electron chi connectivity index (χ3n) is 5.40. The molecule has 2 saturated heterocycles. The number of likely N-dealkylation sites (tertiary alicyclic amines) is 2. The lowest BCUT2D eigenvalue weighted by molar-refractivity contribution is -0.141. The van der Waals surface area contributed by atoms with Crippen molar-refractivity contribution in [3.63, 3.8) is 0 Å². The van der Waals surface area contributed by atoms with Crippen molar-refractivity contribution in [3.8, 4) is 0 Å². The highest BCUT2D eigenvalue weighted by atomic mass is 16.4. The van der Waals surface area contributed by atoms with E-state index in [0.29, 0.717) is 18.5 Å². The molecule has 2 rings (SSSR count). The molecule has 2 heterocycles. The van der Waals surface area contributed by atoms with E-state index in [-0.39, 0.29) is 19.0 Å². The van der Waals surface area contributed by atoms with Crippen LogP contribution in [0.3, 0.4) is 0 Å². The number of carbonyl (C=O) groups is 2. The number of hydrogen-bond acceptors (Lipinski definition) is 3. The fraction of sp³-hybridized carbons (Fsp3) is 0.867. The van der Waals surface area contributed by atoms with Crippen LogP contribution < -0.4 is 0 Å². The molecule has 0 radical (unpaired) electrons. The van der Waals surface area contributed by atoms with Crippen LogP contribution >= 0.6 is 0 Å². The van der Waals surface area contributed by atoms with E-state index in [2.05, 4.69) is 13.8 Å². The highest BCUT2D eigenvalue weighted by Crippen LogP contribution is 2.38. The van der Waals surface area contributed by atoms with E-state index in [0.717, 1.165) is 25.7 Å². The Hall–Kier alpha value is -1.30. The van der Waals surface area contributed by atoms with Gasteiger partial charge in [0.15, 0.2) is 0 Å². The highest BCUT2D eigenvalue weighted by molar-refractivity contribution is 5.83. The number of amides is 2. The van der Waals surface area contributed by atoms with Gasteiger partial charge in [-0.25, -0.2) is 9.59 Å². The predicted molar refractivity (Wildman–Crippen MR) is 78.0 cm³/mol. The van der Waals surface area contributed by atoms with Crippen molar-refractivity contribution >= 4 is 12.0 Å². The van der Waals surface area contributed by atoms with Crippen molar-refractivity contribution in [3.05, 3.63) is 0 Å². The molecule has 2 aliphatic rings. The molecule has 2 amide bonds. The van der Waals surface area contributed by atoms with Crippen LogP contribution in [-0.2, 0) is 4.79 Å². The Balaban J connectivity index is 2.00. The van der Waals surface area contributed by atoms with Gasteiger partial charge in [-0.15, -0.1) is 0 Å². The zero-order chi connectivity index (χ0) is 15.6. The smallest absolute Gasteiger partial charge is 0.326 e. The molecule has 21 heavy (non-hydrogen) atoms. The summed E-state index contributed by atoms with van der Waals surface area (Å²) in [6.07, 6.45) is 3.57. The van der Waals surface area contributed by atoms with E-state index >= 15 is 0 Å². The van der Waals surface area contributed by atoms with Crippen LogP contribution in [0.15, 0.2) is 0 Å². The molecule has 0 aromatic carbocycles. The van der Waals surface area contributed by atoms with Gasteiger partial charge in [0.05, 0.1) is 6.10 Å². The summed E-state index contributed by atoms with van der Waals surface area (Å²) in [5.74, 6) is -1.03. The van der Waals surface area contributed by atoms with Gasteiger partial charge in [0.2, 0.25) is 0 Å². The van der Waals surface area contributed by atoms with Crippen molar-refractivity contribution in [2.45, 2.75) is 58.1 Å².